The topological polar surface area (TPSA) is 58.9 Å². The first-order valence-electron chi connectivity index (χ1n) is 15.9. The molecular weight excluding hydrogens is 460 g/mol. The van der Waals surface area contributed by atoms with Gasteiger partial charge in [-0.15, -0.1) is 0 Å². The summed E-state index contributed by atoms with van der Waals surface area (Å²) in [5.74, 6) is 5.20. The molecule has 0 radical (unpaired) electrons. The predicted molar refractivity (Wildman–Crippen MR) is 149 cm³/mol. The Bertz CT molecular complexity index is 811. The van der Waals surface area contributed by atoms with E-state index in [-0.39, 0.29) is 12.2 Å². The van der Waals surface area contributed by atoms with Crippen LogP contribution in [0.1, 0.15) is 119 Å². The molecule has 0 amide bonds. The first kappa shape index (κ1) is 28.1. The van der Waals surface area contributed by atoms with E-state index in [0.717, 1.165) is 48.3 Å². The average molecular weight is 517 g/mol. The fourth-order valence-electron chi connectivity index (χ4n) is 10.1. The minimum Gasteiger partial charge on any atom is -0.390 e. The Morgan fingerprint density at radius 1 is 1.03 bits per heavy atom. The summed E-state index contributed by atoms with van der Waals surface area (Å²) in [4.78, 5) is 0. The highest BCUT2D eigenvalue weighted by atomic mass is 16.7. The van der Waals surface area contributed by atoms with Crippen LogP contribution in [-0.2, 0) is 9.47 Å². The fourth-order valence-corrected chi connectivity index (χ4v) is 10.1. The standard InChI is InChI=1S/C33H56O4/c1-20(2)8-7-9-21(3)26-12-13-27-25-11-10-23-18-24(37-30-19-29(34)31(35)22(4)36-30)14-16-32(23,5)28(25)15-17-33(26,27)6/h10,20-22,24-31,34-35H,7-9,11-19H2,1-6H3/t21-,22+,24+,25-,26-,27+,28+,29-,30+,31+,32-,33+/m0/s1. The molecule has 37 heavy (non-hydrogen) atoms. The molecule has 1 saturated heterocycles. The van der Waals surface area contributed by atoms with Crippen molar-refractivity contribution >= 4 is 0 Å². The van der Waals surface area contributed by atoms with Gasteiger partial charge in [0.05, 0.1) is 18.3 Å². The zero-order valence-corrected chi connectivity index (χ0v) is 24.6. The predicted octanol–water partition coefficient (Wildman–Crippen LogP) is 7.27. The molecule has 5 rings (SSSR count). The second-order valence-corrected chi connectivity index (χ2v) is 14.9. The maximum Gasteiger partial charge on any atom is 0.161 e. The minimum atomic E-state index is -0.817. The summed E-state index contributed by atoms with van der Waals surface area (Å²) in [6, 6.07) is 0. The minimum absolute atomic E-state index is 0.159. The van der Waals surface area contributed by atoms with Crippen LogP contribution < -0.4 is 0 Å². The van der Waals surface area contributed by atoms with Gasteiger partial charge in [-0.3, -0.25) is 0 Å². The van der Waals surface area contributed by atoms with Crippen molar-refractivity contribution in [3.05, 3.63) is 11.6 Å². The van der Waals surface area contributed by atoms with Crippen molar-refractivity contribution in [1.82, 2.24) is 0 Å². The van der Waals surface area contributed by atoms with E-state index in [1.165, 1.54) is 57.8 Å². The number of aliphatic hydroxyl groups excluding tert-OH is 2. The summed E-state index contributed by atoms with van der Waals surface area (Å²) in [7, 11) is 0. The van der Waals surface area contributed by atoms with Crippen LogP contribution in [0, 0.1) is 46.3 Å². The lowest BCUT2D eigenvalue weighted by atomic mass is 9.47. The molecule has 0 bridgehead atoms. The molecular formula is C33H56O4. The van der Waals surface area contributed by atoms with Gasteiger partial charge in [-0.2, -0.15) is 0 Å². The molecule has 212 valence electrons. The smallest absolute Gasteiger partial charge is 0.161 e. The van der Waals surface area contributed by atoms with E-state index >= 15 is 0 Å². The van der Waals surface area contributed by atoms with Gasteiger partial charge in [0.1, 0.15) is 6.10 Å². The molecule has 5 aliphatic rings. The zero-order chi connectivity index (χ0) is 26.5. The molecule has 4 aliphatic carbocycles. The second kappa shape index (κ2) is 10.9. The number of hydrogen-bond acceptors (Lipinski definition) is 4. The molecule has 1 aliphatic heterocycles. The molecule has 4 fully saturated rings. The van der Waals surface area contributed by atoms with Gasteiger partial charge < -0.3 is 19.7 Å². The first-order chi connectivity index (χ1) is 17.5. The number of allylic oxidation sites excluding steroid dienone is 1. The molecule has 12 atom stereocenters. The van der Waals surface area contributed by atoms with Crippen molar-refractivity contribution in [2.45, 2.75) is 149 Å². The quantitative estimate of drug-likeness (QED) is 0.349. The first-order valence-corrected chi connectivity index (χ1v) is 15.9. The van der Waals surface area contributed by atoms with Crippen molar-refractivity contribution in [3.8, 4) is 0 Å². The van der Waals surface area contributed by atoms with Gasteiger partial charge >= 0.3 is 0 Å². The van der Waals surface area contributed by atoms with Crippen LogP contribution in [0.15, 0.2) is 11.6 Å². The van der Waals surface area contributed by atoms with E-state index < -0.39 is 18.5 Å². The summed E-state index contributed by atoms with van der Waals surface area (Å²) in [6.45, 7) is 14.4. The fraction of sp³-hybridized carbons (Fsp3) is 0.939. The van der Waals surface area contributed by atoms with Gasteiger partial charge in [-0.05, 0) is 105 Å². The van der Waals surface area contributed by atoms with Gasteiger partial charge in [0.2, 0.25) is 0 Å². The van der Waals surface area contributed by atoms with Crippen molar-refractivity contribution in [1.29, 1.82) is 0 Å². The Morgan fingerprint density at radius 3 is 2.54 bits per heavy atom. The van der Waals surface area contributed by atoms with E-state index in [1.54, 1.807) is 5.57 Å². The van der Waals surface area contributed by atoms with Crippen molar-refractivity contribution in [3.63, 3.8) is 0 Å². The maximum atomic E-state index is 10.2. The van der Waals surface area contributed by atoms with E-state index in [9.17, 15) is 10.2 Å². The Labute approximate surface area is 227 Å². The third-order valence-electron chi connectivity index (χ3n) is 12.3. The molecule has 2 N–H and O–H groups in total. The number of ether oxygens (including phenoxy) is 2. The Balaban J connectivity index is 1.23. The highest BCUT2D eigenvalue weighted by Crippen LogP contribution is 2.67. The molecule has 0 aromatic heterocycles. The third-order valence-corrected chi connectivity index (χ3v) is 12.3. The van der Waals surface area contributed by atoms with E-state index in [2.05, 4.69) is 40.7 Å². The van der Waals surface area contributed by atoms with Crippen LogP contribution in [0.4, 0.5) is 0 Å². The maximum absolute atomic E-state index is 10.2. The molecule has 4 heteroatoms. The summed E-state index contributed by atoms with van der Waals surface area (Å²) in [5.41, 5.74) is 2.50. The second-order valence-electron chi connectivity index (χ2n) is 14.9. The van der Waals surface area contributed by atoms with E-state index in [0.29, 0.717) is 17.3 Å². The van der Waals surface area contributed by atoms with Crippen molar-refractivity contribution in [2.24, 2.45) is 46.3 Å². The number of fused-ring (bicyclic) bond motifs is 5. The summed E-state index contributed by atoms with van der Waals surface area (Å²) in [5, 5.41) is 20.2. The van der Waals surface area contributed by atoms with Crippen LogP contribution in [0.2, 0.25) is 0 Å². The van der Waals surface area contributed by atoms with Gasteiger partial charge in [0.15, 0.2) is 6.29 Å². The molecule has 0 unspecified atom stereocenters. The summed E-state index contributed by atoms with van der Waals surface area (Å²) >= 11 is 0. The van der Waals surface area contributed by atoms with Crippen LogP contribution in [0.5, 0.6) is 0 Å². The molecule has 3 saturated carbocycles. The lowest BCUT2D eigenvalue weighted by molar-refractivity contribution is -0.262. The lowest BCUT2D eigenvalue weighted by Crippen LogP contribution is -2.52. The molecule has 0 aromatic rings. The van der Waals surface area contributed by atoms with Crippen molar-refractivity contribution in [2.75, 3.05) is 0 Å². The molecule has 0 aromatic carbocycles. The monoisotopic (exact) mass is 516 g/mol. The Hall–Kier alpha value is -0.420. The SMILES string of the molecule is CC(C)CCC[C@H](C)[C@@H]1CC[C@@H]2[C@@H]3CC=C4C[C@H](O[C@@H]5C[C@H](O)[C@H](O)[C@@H](C)O5)CC[C@]4(C)[C@@H]3CC[C@@]21C. The molecule has 0 spiro atoms. The van der Waals surface area contributed by atoms with Gasteiger partial charge in [-0.1, -0.05) is 65.5 Å². The number of aliphatic hydroxyl groups is 2. The van der Waals surface area contributed by atoms with Crippen molar-refractivity contribution < 1.29 is 19.7 Å². The highest BCUT2D eigenvalue weighted by molar-refractivity contribution is 5.25. The lowest BCUT2D eigenvalue weighted by Gasteiger charge is -2.58. The van der Waals surface area contributed by atoms with Crippen LogP contribution in [0.25, 0.3) is 0 Å². The van der Waals surface area contributed by atoms with E-state index in [1.807, 2.05) is 6.92 Å². The summed E-state index contributed by atoms with van der Waals surface area (Å²) < 4.78 is 12.3. The Morgan fingerprint density at radius 2 is 1.81 bits per heavy atom. The van der Waals surface area contributed by atoms with Gasteiger partial charge in [0.25, 0.3) is 0 Å². The van der Waals surface area contributed by atoms with Crippen LogP contribution >= 0.6 is 0 Å². The van der Waals surface area contributed by atoms with E-state index in [4.69, 9.17) is 9.47 Å². The van der Waals surface area contributed by atoms with Crippen LogP contribution in [-0.4, -0.2) is 40.9 Å². The Kier molecular flexibility index (Phi) is 8.26. The molecule has 4 nitrogen and oxygen atoms in total. The number of rotatable bonds is 7. The average Bonchev–Trinajstić information content (AvgIpc) is 3.20. The molecule has 1 heterocycles. The largest absolute Gasteiger partial charge is 0.390 e. The number of hydrogen-bond donors (Lipinski definition) is 2. The summed E-state index contributed by atoms with van der Waals surface area (Å²) in [6.07, 6.45) is 15.3. The highest BCUT2D eigenvalue weighted by Gasteiger charge is 2.59. The van der Waals surface area contributed by atoms with Gasteiger partial charge in [0, 0.05) is 6.42 Å². The zero-order valence-electron chi connectivity index (χ0n) is 24.6. The van der Waals surface area contributed by atoms with Gasteiger partial charge in [-0.25, -0.2) is 0 Å². The normalized spacial score (nSPS) is 48.7. The van der Waals surface area contributed by atoms with Crippen LogP contribution in [0.3, 0.4) is 0 Å². The third kappa shape index (κ3) is 5.23.